The monoisotopic (exact) mass is 225 g/mol. The van der Waals surface area contributed by atoms with Gasteiger partial charge in [-0.05, 0) is 19.3 Å². The maximum atomic E-state index is 8.97. The van der Waals surface area contributed by atoms with Gasteiger partial charge in [0.05, 0.1) is 13.2 Å². The van der Waals surface area contributed by atoms with Crippen molar-refractivity contribution in [1.29, 1.82) is 0 Å². The number of aryl methyl sites for hydroxylation is 1. The van der Waals surface area contributed by atoms with Crippen LogP contribution in [0.3, 0.4) is 0 Å². The van der Waals surface area contributed by atoms with Gasteiger partial charge in [-0.1, -0.05) is 12.1 Å². The van der Waals surface area contributed by atoms with Gasteiger partial charge in [0, 0.05) is 19.0 Å². The van der Waals surface area contributed by atoms with E-state index in [-0.39, 0.29) is 6.61 Å². The van der Waals surface area contributed by atoms with Crippen molar-refractivity contribution in [2.24, 2.45) is 0 Å². The van der Waals surface area contributed by atoms with Gasteiger partial charge in [-0.2, -0.15) is 4.98 Å². The summed E-state index contributed by atoms with van der Waals surface area (Å²) in [5.41, 5.74) is 0. The number of aliphatic hydroxyl groups excluding tert-OH is 1. The van der Waals surface area contributed by atoms with Gasteiger partial charge in [0.2, 0.25) is 5.89 Å². The SMILES string of the molecule is CCCc1noc(CN(CCO)C2CC2)n1. The predicted octanol–water partition coefficient (Wildman–Crippen LogP) is 0.979. The first kappa shape index (κ1) is 11.5. The van der Waals surface area contributed by atoms with E-state index >= 15 is 0 Å². The van der Waals surface area contributed by atoms with Crippen molar-refractivity contribution in [3.05, 3.63) is 11.7 Å². The highest BCUT2D eigenvalue weighted by atomic mass is 16.5. The third kappa shape index (κ3) is 3.02. The second kappa shape index (κ2) is 5.41. The van der Waals surface area contributed by atoms with Gasteiger partial charge in [0.1, 0.15) is 0 Å². The minimum atomic E-state index is 0.187. The summed E-state index contributed by atoms with van der Waals surface area (Å²) in [6.07, 6.45) is 4.33. The fourth-order valence-electron chi connectivity index (χ4n) is 1.81. The first-order valence-electron chi connectivity index (χ1n) is 6.00. The summed E-state index contributed by atoms with van der Waals surface area (Å²) in [6, 6.07) is 0.605. The van der Waals surface area contributed by atoms with E-state index in [4.69, 9.17) is 9.63 Å². The fourth-order valence-corrected chi connectivity index (χ4v) is 1.81. The van der Waals surface area contributed by atoms with Crippen molar-refractivity contribution in [3.63, 3.8) is 0 Å². The molecule has 5 nitrogen and oxygen atoms in total. The summed E-state index contributed by atoms with van der Waals surface area (Å²) in [5.74, 6) is 1.46. The van der Waals surface area contributed by atoms with Crippen LogP contribution < -0.4 is 0 Å². The Labute approximate surface area is 95.4 Å². The first-order chi connectivity index (χ1) is 7.83. The number of nitrogens with zero attached hydrogens (tertiary/aromatic N) is 3. The van der Waals surface area contributed by atoms with Gasteiger partial charge in [-0.25, -0.2) is 0 Å². The van der Waals surface area contributed by atoms with Crippen LogP contribution in [0.15, 0.2) is 4.52 Å². The number of aliphatic hydroxyl groups is 1. The Hall–Kier alpha value is -0.940. The number of aromatic nitrogens is 2. The second-order valence-electron chi connectivity index (χ2n) is 4.28. The van der Waals surface area contributed by atoms with Crippen LogP contribution >= 0.6 is 0 Å². The molecule has 90 valence electrons. The molecule has 1 fully saturated rings. The maximum absolute atomic E-state index is 8.97. The summed E-state index contributed by atoms with van der Waals surface area (Å²) < 4.78 is 5.19. The molecule has 5 heteroatoms. The second-order valence-corrected chi connectivity index (χ2v) is 4.28. The van der Waals surface area contributed by atoms with Crippen LogP contribution in [0.2, 0.25) is 0 Å². The molecule has 2 rings (SSSR count). The fraction of sp³-hybridized carbons (Fsp3) is 0.818. The number of hydrogen-bond donors (Lipinski definition) is 1. The van der Waals surface area contributed by atoms with Crippen LogP contribution in [-0.2, 0) is 13.0 Å². The molecule has 0 bridgehead atoms. The molecule has 0 amide bonds. The lowest BCUT2D eigenvalue weighted by atomic mass is 10.3. The van der Waals surface area contributed by atoms with Crippen molar-refractivity contribution in [2.45, 2.75) is 45.2 Å². The van der Waals surface area contributed by atoms with Crippen molar-refractivity contribution < 1.29 is 9.63 Å². The molecule has 0 saturated heterocycles. The predicted molar refractivity (Wildman–Crippen MR) is 58.8 cm³/mol. The maximum Gasteiger partial charge on any atom is 0.240 e. The third-order valence-corrected chi connectivity index (χ3v) is 2.77. The minimum absolute atomic E-state index is 0.187. The van der Waals surface area contributed by atoms with Crippen LogP contribution in [0, 0.1) is 0 Å². The lowest BCUT2D eigenvalue weighted by Crippen LogP contribution is -2.28. The topological polar surface area (TPSA) is 62.4 Å². The highest BCUT2D eigenvalue weighted by molar-refractivity contribution is 4.90. The van der Waals surface area contributed by atoms with Gasteiger partial charge < -0.3 is 9.63 Å². The molecule has 1 aromatic heterocycles. The van der Waals surface area contributed by atoms with E-state index in [1.807, 2.05) is 0 Å². The van der Waals surface area contributed by atoms with Gasteiger partial charge >= 0.3 is 0 Å². The Morgan fingerprint density at radius 3 is 2.94 bits per heavy atom. The molecule has 16 heavy (non-hydrogen) atoms. The van der Waals surface area contributed by atoms with E-state index in [0.29, 0.717) is 25.0 Å². The summed E-state index contributed by atoms with van der Waals surface area (Å²) in [4.78, 5) is 6.54. The lowest BCUT2D eigenvalue weighted by molar-refractivity contribution is 0.167. The van der Waals surface area contributed by atoms with E-state index in [1.54, 1.807) is 0 Å². The highest BCUT2D eigenvalue weighted by Gasteiger charge is 2.29. The molecular formula is C11H19N3O2. The Balaban J connectivity index is 1.89. The normalized spacial score (nSPS) is 15.9. The molecule has 1 aliphatic rings. The van der Waals surface area contributed by atoms with E-state index in [9.17, 15) is 0 Å². The van der Waals surface area contributed by atoms with Gasteiger partial charge in [0.25, 0.3) is 0 Å². The Morgan fingerprint density at radius 2 is 2.31 bits per heavy atom. The number of rotatable bonds is 7. The average Bonchev–Trinajstić information content (AvgIpc) is 3.02. The zero-order valence-corrected chi connectivity index (χ0v) is 9.72. The Bertz CT molecular complexity index is 323. The van der Waals surface area contributed by atoms with Crippen molar-refractivity contribution >= 4 is 0 Å². The molecule has 0 atom stereocenters. The largest absolute Gasteiger partial charge is 0.395 e. The van der Waals surface area contributed by atoms with Crippen molar-refractivity contribution in [3.8, 4) is 0 Å². The van der Waals surface area contributed by atoms with Crippen LogP contribution in [0.5, 0.6) is 0 Å². The quantitative estimate of drug-likeness (QED) is 0.749. The average molecular weight is 225 g/mol. The molecular weight excluding hydrogens is 206 g/mol. The number of hydrogen-bond acceptors (Lipinski definition) is 5. The Kier molecular flexibility index (Phi) is 3.90. The Morgan fingerprint density at radius 1 is 1.50 bits per heavy atom. The van der Waals surface area contributed by atoms with Crippen molar-refractivity contribution in [2.75, 3.05) is 13.2 Å². The molecule has 0 spiro atoms. The smallest absolute Gasteiger partial charge is 0.240 e. The first-order valence-corrected chi connectivity index (χ1v) is 6.00. The minimum Gasteiger partial charge on any atom is -0.395 e. The van der Waals surface area contributed by atoms with Crippen LogP contribution in [0.4, 0.5) is 0 Å². The zero-order chi connectivity index (χ0) is 11.4. The lowest BCUT2D eigenvalue weighted by Gasteiger charge is -2.17. The molecule has 0 aromatic carbocycles. The standard InChI is InChI=1S/C11H19N3O2/c1-2-3-10-12-11(16-13-10)8-14(6-7-15)9-4-5-9/h9,15H,2-8H2,1H3. The third-order valence-electron chi connectivity index (χ3n) is 2.77. The summed E-state index contributed by atoms with van der Waals surface area (Å²) in [7, 11) is 0. The van der Waals surface area contributed by atoms with Gasteiger partial charge in [-0.3, -0.25) is 4.90 Å². The van der Waals surface area contributed by atoms with Gasteiger partial charge in [-0.15, -0.1) is 0 Å². The molecule has 1 aromatic rings. The molecule has 1 saturated carbocycles. The van der Waals surface area contributed by atoms with Crippen molar-refractivity contribution in [1.82, 2.24) is 15.0 Å². The van der Waals surface area contributed by atoms with Crippen LogP contribution in [0.1, 0.15) is 37.9 Å². The van der Waals surface area contributed by atoms with Gasteiger partial charge in [0.15, 0.2) is 5.82 Å². The molecule has 0 unspecified atom stereocenters. The van der Waals surface area contributed by atoms with E-state index in [2.05, 4.69) is 22.0 Å². The highest BCUT2D eigenvalue weighted by Crippen LogP contribution is 2.27. The molecule has 1 heterocycles. The van der Waals surface area contributed by atoms with E-state index in [1.165, 1.54) is 12.8 Å². The van der Waals surface area contributed by atoms with E-state index in [0.717, 1.165) is 18.7 Å². The molecule has 0 radical (unpaired) electrons. The summed E-state index contributed by atoms with van der Waals surface area (Å²) >= 11 is 0. The summed E-state index contributed by atoms with van der Waals surface area (Å²) in [5, 5.41) is 12.9. The molecule has 1 aliphatic carbocycles. The zero-order valence-electron chi connectivity index (χ0n) is 9.72. The van der Waals surface area contributed by atoms with Crippen LogP contribution in [-0.4, -0.2) is 39.3 Å². The molecule has 0 aliphatic heterocycles. The van der Waals surface area contributed by atoms with E-state index < -0.39 is 0 Å². The van der Waals surface area contributed by atoms with Crippen LogP contribution in [0.25, 0.3) is 0 Å². The summed E-state index contributed by atoms with van der Waals surface area (Å²) in [6.45, 7) is 3.64. The molecule has 1 N–H and O–H groups in total.